The zero-order valence-corrected chi connectivity index (χ0v) is 12.2. The van der Waals surface area contributed by atoms with Crippen LogP contribution in [0.25, 0.3) is 0 Å². The average molecular weight is 284 g/mol. The third kappa shape index (κ3) is 2.82. The van der Waals surface area contributed by atoms with E-state index in [4.69, 9.17) is 5.73 Å². The van der Waals surface area contributed by atoms with Gasteiger partial charge in [-0.1, -0.05) is 18.6 Å². The van der Waals surface area contributed by atoms with Crippen LogP contribution in [-0.2, 0) is 16.6 Å². The third-order valence-electron chi connectivity index (χ3n) is 3.12. The molecule has 0 atom stereocenters. The summed E-state index contributed by atoms with van der Waals surface area (Å²) in [6.45, 7) is 5.54. The number of hydrogen-bond acceptors (Lipinski definition) is 4. The first-order chi connectivity index (χ1) is 8.95. The van der Waals surface area contributed by atoms with Crippen LogP contribution in [0.1, 0.15) is 26.7 Å². The fourth-order valence-electron chi connectivity index (χ4n) is 2.18. The molecule has 7 heteroatoms. The molecule has 1 aromatic rings. The normalized spacial score (nSPS) is 17.5. The second-order valence-electron chi connectivity index (χ2n) is 4.82. The van der Waals surface area contributed by atoms with Gasteiger partial charge in [0.2, 0.25) is 10.0 Å². The number of hydrogen-bond donors (Lipinski definition) is 1. The molecule has 0 aliphatic carbocycles. The van der Waals surface area contributed by atoms with Gasteiger partial charge in [0.1, 0.15) is 4.90 Å². The molecule has 106 valence electrons. The van der Waals surface area contributed by atoms with Crippen LogP contribution in [0.3, 0.4) is 0 Å². The monoisotopic (exact) mass is 284 g/mol. The van der Waals surface area contributed by atoms with E-state index in [0.29, 0.717) is 19.6 Å². The van der Waals surface area contributed by atoms with Crippen LogP contribution in [0.5, 0.6) is 0 Å². The van der Waals surface area contributed by atoms with Crippen molar-refractivity contribution in [2.75, 3.05) is 18.8 Å². The van der Waals surface area contributed by atoms with Gasteiger partial charge < -0.3 is 5.73 Å². The maximum atomic E-state index is 12.5. The first kappa shape index (κ1) is 14.1. The number of rotatable bonds is 4. The molecule has 0 unspecified atom stereocenters. The zero-order chi connectivity index (χ0) is 14.0. The predicted molar refractivity (Wildman–Crippen MR) is 74.1 cm³/mol. The lowest BCUT2D eigenvalue weighted by Gasteiger charge is -2.24. The van der Waals surface area contributed by atoms with Crippen molar-refractivity contribution in [3.63, 3.8) is 0 Å². The van der Waals surface area contributed by atoms with Gasteiger partial charge >= 0.3 is 0 Å². The molecular formula is C12H20N4O2S. The molecule has 0 radical (unpaired) electrons. The van der Waals surface area contributed by atoms with E-state index in [0.717, 1.165) is 18.4 Å². The Morgan fingerprint density at radius 2 is 2.21 bits per heavy atom. The summed E-state index contributed by atoms with van der Waals surface area (Å²) in [7, 11) is -3.54. The van der Waals surface area contributed by atoms with E-state index in [2.05, 4.69) is 11.2 Å². The van der Waals surface area contributed by atoms with Gasteiger partial charge in [-0.05, 0) is 19.8 Å². The quantitative estimate of drug-likeness (QED) is 0.843. The fraction of sp³-hybridized carbons (Fsp3) is 0.583. The Bertz CT molecular complexity index is 589. The minimum absolute atomic E-state index is 0.0839. The zero-order valence-electron chi connectivity index (χ0n) is 11.3. The van der Waals surface area contributed by atoms with Crippen LogP contribution in [0.4, 0.5) is 5.82 Å². The van der Waals surface area contributed by atoms with Crippen LogP contribution >= 0.6 is 0 Å². The molecule has 2 heterocycles. The molecular weight excluding hydrogens is 264 g/mol. The molecule has 0 saturated heterocycles. The van der Waals surface area contributed by atoms with Crippen LogP contribution < -0.4 is 5.73 Å². The SMILES string of the molecule is CCCn1cc(S(=O)(=O)N2CCC=C(C)C2)c(N)n1. The molecule has 0 bridgehead atoms. The van der Waals surface area contributed by atoms with Crippen LogP contribution in [0, 0.1) is 0 Å². The van der Waals surface area contributed by atoms with Crippen molar-refractivity contribution in [2.45, 2.75) is 38.1 Å². The Balaban J connectivity index is 2.31. The highest BCUT2D eigenvalue weighted by molar-refractivity contribution is 7.89. The predicted octanol–water partition coefficient (Wildman–Crippen LogP) is 1.22. The van der Waals surface area contributed by atoms with Gasteiger partial charge in [-0.25, -0.2) is 8.42 Å². The Kier molecular flexibility index (Phi) is 3.96. The highest BCUT2D eigenvalue weighted by Gasteiger charge is 2.29. The number of nitrogens with zero attached hydrogens (tertiary/aromatic N) is 3. The van der Waals surface area contributed by atoms with Gasteiger partial charge in [-0.3, -0.25) is 4.68 Å². The van der Waals surface area contributed by atoms with Crippen molar-refractivity contribution in [3.8, 4) is 0 Å². The highest BCUT2D eigenvalue weighted by atomic mass is 32.2. The maximum absolute atomic E-state index is 12.5. The Hall–Kier alpha value is -1.34. The molecule has 0 amide bonds. The van der Waals surface area contributed by atoms with Gasteiger partial charge in [0, 0.05) is 25.8 Å². The molecule has 0 saturated carbocycles. The Morgan fingerprint density at radius 3 is 2.84 bits per heavy atom. The van der Waals surface area contributed by atoms with Crippen molar-refractivity contribution < 1.29 is 8.42 Å². The lowest BCUT2D eigenvalue weighted by Crippen LogP contribution is -2.35. The van der Waals surface area contributed by atoms with E-state index in [1.165, 1.54) is 10.5 Å². The van der Waals surface area contributed by atoms with E-state index in [1.54, 1.807) is 4.68 Å². The number of aromatic nitrogens is 2. The van der Waals surface area contributed by atoms with Gasteiger partial charge in [0.25, 0.3) is 0 Å². The van der Waals surface area contributed by atoms with Crippen LogP contribution in [0.15, 0.2) is 22.7 Å². The summed E-state index contributed by atoms with van der Waals surface area (Å²) in [5, 5.41) is 4.05. The molecule has 0 aromatic carbocycles. The lowest BCUT2D eigenvalue weighted by atomic mass is 10.2. The van der Waals surface area contributed by atoms with Gasteiger partial charge in [0.05, 0.1) is 0 Å². The first-order valence-corrected chi connectivity index (χ1v) is 7.88. The second kappa shape index (κ2) is 5.34. The van der Waals surface area contributed by atoms with Crippen molar-refractivity contribution in [2.24, 2.45) is 0 Å². The summed E-state index contributed by atoms with van der Waals surface area (Å²) in [6, 6.07) is 0. The number of aryl methyl sites for hydroxylation is 1. The summed E-state index contributed by atoms with van der Waals surface area (Å²) >= 11 is 0. The minimum Gasteiger partial charge on any atom is -0.381 e. The van der Waals surface area contributed by atoms with E-state index < -0.39 is 10.0 Å². The summed E-state index contributed by atoms with van der Waals surface area (Å²) in [5.74, 6) is 0.0839. The fourth-order valence-corrected chi connectivity index (χ4v) is 3.74. The van der Waals surface area contributed by atoms with Crippen molar-refractivity contribution >= 4 is 15.8 Å². The summed E-state index contributed by atoms with van der Waals surface area (Å²) in [5.41, 5.74) is 6.81. The summed E-state index contributed by atoms with van der Waals surface area (Å²) in [4.78, 5) is 0.121. The van der Waals surface area contributed by atoms with Gasteiger partial charge in [-0.15, -0.1) is 0 Å². The number of nitrogens with two attached hydrogens (primary N) is 1. The maximum Gasteiger partial charge on any atom is 0.248 e. The molecule has 1 aliphatic heterocycles. The van der Waals surface area contributed by atoms with Gasteiger partial charge in [-0.2, -0.15) is 9.40 Å². The first-order valence-electron chi connectivity index (χ1n) is 6.44. The molecule has 2 N–H and O–H groups in total. The van der Waals surface area contributed by atoms with Crippen LogP contribution in [0.2, 0.25) is 0 Å². The van der Waals surface area contributed by atoms with Crippen molar-refractivity contribution in [1.82, 2.24) is 14.1 Å². The van der Waals surface area contributed by atoms with Crippen LogP contribution in [-0.4, -0.2) is 35.6 Å². The minimum atomic E-state index is -3.54. The molecule has 0 fully saturated rings. The lowest BCUT2D eigenvalue weighted by molar-refractivity contribution is 0.428. The average Bonchev–Trinajstić information content (AvgIpc) is 2.71. The third-order valence-corrected chi connectivity index (χ3v) is 4.98. The van der Waals surface area contributed by atoms with E-state index in [9.17, 15) is 8.42 Å². The van der Waals surface area contributed by atoms with E-state index in [1.807, 2.05) is 13.8 Å². The number of anilines is 1. The molecule has 1 aromatic heterocycles. The van der Waals surface area contributed by atoms with Gasteiger partial charge in [0.15, 0.2) is 5.82 Å². The molecule has 6 nitrogen and oxygen atoms in total. The standard InChI is InChI=1S/C12H20N4O2S/c1-3-6-15-9-11(12(13)14-15)19(17,18)16-7-4-5-10(2)8-16/h5,9H,3-4,6-8H2,1-2H3,(H2,13,14). The Morgan fingerprint density at radius 1 is 1.47 bits per heavy atom. The smallest absolute Gasteiger partial charge is 0.248 e. The topological polar surface area (TPSA) is 81.2 Å². The second-order valence-corrected chi connectivity index (χ2v) is 6.73. The molecule has 19 heavy (non-hydrogen) atoms. The highest BCUT2D eigenvalue weighted by Crippen LogP contribution is 2.24. The Labute approximate surface area is 113 Å². The largest absolute Gasteiger partial charge is 0.381 e. The number of nitrogen functional groups attached to an aromatic ring is 1. The van der Waals surface area contributed by atoms with E-state index >= 15 is 0 Å². The summed E-state index contributed by atoms with van der Waals surface area (Å²) < 4.78 is 28.1. The van der Waals surface area contributed by atoms with Crippen molar-refractivity contribution in [3.05, 3.63) is 17.8 Å². The van der Waals surface area contributed by atoms with E-state index in [-0.39, 0.29) is 10.7 Å². The molecule has 2 rings (SSSR count). The van der Waals surface area contributed by atoms with Crippen molar-refractivity contribution in [1.29, 1.82) is 0 Å². The molecule has 0 spiro atoms. The molecule has 1 aliphatic rings. The summed E-state index contributed by atoms with van der Waals surface area (Å²) in [6.07, 6.45) is 5.22. The number of sulfonamides is 1.